The molecule has 8 nitrogen and oxygen atoms in total. The third-order valence-corrected chi connectivity index (χ3v) is 3.06. The molecule has 0 fully saturated rings. The number of aromatic nitrogens is 2. The van der Waals surface area contributed by atoms with E-state index >= 15 is 0 Å². The Morgan fingerprint density at radius 2 is 1.92 bits per heavy atom. The maximum Gasteiger partial charge on any atom is 0.408 e. The smallest absolute Gasteiger partial charge is 0.408 e. The van der Waals surface area contributed by atoms with Crippen molar-refractivity contribution >= 4 is 12.1 Å². The van der Waals surface area contributed by atoms with Crippen LogP contribution in [0.3, 0.4) is 0 Å². The van der Waals surface area contributed by atoms with Gasteiger partial charge in [-0.3, -0.25) is 4.79 Å². The molecule has 0 aliphatic heterocycles. The standard InChI is InChI=1S/C17H21N3O5/c1-17(2,3)25-16(23)18-12(9-11-7-5-4-6-8-11)15-20-19-13(24-15)10-14(21)22/h4-8,12H,9-10H2,1-3H3,(H,18,23)(H,21,22)/t12-/m0/s1. The summed E-state index contributed by atoms with van der Waals surface area (Å²) in [6.07, 6.45) is -0.599. The maximum absolute atomic E-state index is 12.1. The van der Waals surface area contributed by atoms with Crippen LogP contribution in [0, 0.1) is 0 Å². The molecule has 0 aliphatic rings. The van der Waals surface area contributed by atoms with Crippen LogP contribution in [0.25, 0.3) is 0 Å². The number of carboxylic acid groups (broad SMARTS) is 1. The van der Waals surface area contributed by atoms with E-state index in [4.69, 9.17) is 14.3 Å². The van der Waals surface area contributed by atoms with E-state index in [9.17, 15) is 9.59 Å². The van der Waals surface area contributed by atoms with Gasteiger partial charge in [0, 0.05) is 6.42 Å². The molecule has 0 bridgehead atoms. The number of carbonyl (C=O) groups excluding carboxylic acids is 1. The van der Waals surface area contributed by atoms with Crippen molar-refractivity contribution in [2.24, 2.45) is 0 Å². The van der Waals surface area contributed by atoms with Crippen molar-refractivity contribution in [3.05, 3.63) is 47.7 Å². The molecule has 1 aromatic carbocycles. The van der Waals surface area contributed by atoms with E-state index in [-0.39, 0.29) is 18.2 Å². The van der Waals surface area contributed by atoms with E-state index in [1.807, 2.05) is 30.3 Å². The fraction of sp³-hybridized carbons (Fsp3) is 0.412. The number of nitrogens with zero attached hydrogens (tertiary/aromatic N) is 2. The Bertz CT molecular complexity index is 721. The van der Waals surface area contributed by atoms with Crippen molar-refractivity contribution in [3.63, 3.8) is 0 Å². The molecule has 1 aromatic heterocycles. The normalized spacial score (nSPS) is 12.4. The second-order valence-electron chi connectivity index (χ2n) is 6.49. The van der Waals surface area contributed by atoms with Crippen LogP contribution in [-0.2, 0) is 22.4 Å². The van der Waals surface area contributed by atoms with E-state index in [1.165, 1.54) is 0 Å². The molecule has 2 N–H and O–H groups in total. The summed E-state index contributed by atoms with van der Waals surface area (Å²) in [5.41, 5.74) is 0.298. The highest BCUT2D eigenvalue weighted by Gasteiger charge is 2.25. The number of carbonyl (C=O) groups is 2. The molecule has 2 aromatic rings. The molecular weight excluding hydrogens is 326 g/mol. The highest BCUT2D eigenvalue weighted by Crippen LogP contribution is 2.19. The van der Waals surface area contributed by atoms with Gasteiger partial charge in [-0.05, 0) is 26.3 Å². The Labute approximate surface area is 145 Å². The van der Waals surface area contributed by atoms with Crippen molar-refractivity contribution in [2.75, 3.05) is 0 Å². The quantitative estimate of drug-likeness (QED) is 0.825. The minimum absolute atomic E-state index is 0.0217. The molecule has 1 atom stereocenters. The molecule has 25 heavy (non-hydrogen) atoms. The lowest BCUT2D eigenvalue weighted by Crippen LogP contribution is -2.36. The zero-order chi connectivity index (χ0) is 18.4. The number of alkyl carbamates (subject to hydrolysis) is 1. The summed E-state index contributed by atoms with van der Waals surface area (Å²) in [6, 6.07) is 8.81. The topological polar surface area (TPSA) is 115 Å². The van der Waals surface area contributed by atoms with Gasteiger partial charge < -0.3 is 19.6 Å². The zero-order valence-electron chi connectivity index (χ0n) is 14.4. The third kappa shape index (κ3) is 6.25. The van der Waals surface area contributed by atoms with Gasteiger partial charge in [-0.25, -0.2) is 4.79 Å². The average Bonchev–Trinajstić information content (AvgIpc) is 2.93. The summed E-state index contributed by atoms with van der Waals surface area (Å²) in [7, 11) is 0. The Balaban J connectivity index is 2.17. The van der Waals surface area contributed by atoms with Crippen LogP contribution in [-0.4, -0.2) is 33.0 Å². The summed E-state index contributed by atoms with van der Waals surface area (Å²) in [6.45, 7) is 5.28. The van der Waals surface area contributed by atoms with Gasteiger partial charge in [-0.2, -0.15) is 0 Å². The Morgan fingerprint density at radius 3 is 2.52 bits per heavy atom. The van der Waals surface area contributed by atoms with Crippen molar-refractivity contribution < 1.29 is 23.8 Å². The van der Waals surface area contributed by atoms with Crippen LogP contribution in [0.4, 0.5) is 4.79 Å². The number of hydrogen-bond donors (Lipinski definition) is 2. The number of hydrogen-bond acceptors (Lipinski definition) is 6. The van der Waals surface area contributed by atoms with Gasteiger partial charge in [0.25, 0.3) is 0 Å². The first-order chi connectivity index (χ1) is 11.7. The number of rotatable bonds is 6. The lowest BCUT2D eigenvalue weighted by Gasteiger charge is -2.22. The molecule has 1 amide bonds. The first-order valence-corrected chi connectivity index (χ1v) is 7.80. The van der Waals surface area contributed by atoms with E-state index in [2.05, 4.69) is 15.5 Å². The van der Waals surface area contributed by atoms with Crippen LogP contribution in [0.1, 0.15) is 44.2 Å². The monoisotopic (exact) mass is 347 g/mol. The first kappa shape index (κ1) is 18.4. The lowest BCUT2D eigenvalue weighted by molar-refractivity contribution is -0.136. The number of benzene rings is 1. The van der Waals surface area contributed by atoms with Crippen molar-refractivity contribution in [1.29, 1.82) is 0 Å². The molecular formula is C17H21N3O5. The molecule has 0 radical (unpaired) electrons. The molecule has 134 valence electrons. The van der Waals surface area contributed by atoms with Crippen molar-refractivity contribution in [1.82, 2.24) is 15.5 Å². The molecule has 0 spiro atoms. The van der Waals surface area contributed by atoms with E-state index in [1.54, 1.807) is 20.8 Å². The van der Waals surface area contributed by atoms with Crippen LogP contribution in [0.5, 0.6) is 0 Å². The summed E-state index contributed by atoms with van der Waals surface area (Å²) >= 11 is 0. The second kappa shape index (κ2) is 7.78. The van der Waals surface area contributed by atoms with E-state index < -0.39 is 23.7 Å². The van der Waals surface area contributed by atoms with Crippen molar-refractivity contribution in [3.8, 4) is 0 Å². The minimum Gasteiger partial charge on any atom is -0.481 e. The highest BCUT2D eigenvalue weighted by molar-refractivity contribution is 5.69. The Kier molecular flexibility index (Phi) is 5.74. The number of nitrogens with one attached hydrogen (secondary N) is 1. The van der Waals surface area contributed by atoms with Crippen LogP contribution < -0.4 is 5.32 Å². The molecule has 0 aliphatic carbocycles. The molecule has 0 saturated heterocycles. The molecule has 2 rings (SSSR count). The zero-order valence-corrected chi connectivity index (χ0v) is 14.4. The van der Waals surface area contributed by atoms with Crippen molar-refractivity contribution in [2.45, 2.75) is 45.3 Å². The van der Waals surface area contributed by atoms with E-state index in [0.29, 0.717) is 6.42 Å². The molecule has 0 unspecified atom stereocenters. The predicted octanol–water partition coefficient (Wildman–Crippen LogP) is 2.51. The number of carboxylic acids is 1. The summed E-state index contributed by atoms with van der Waals surface area (Å²) in [5, 5.41) is 19.1. The van der Waals surface area contributed by atoms with Gasteiger partial charge in [-0.15, -0.1) is 10.2 Å². The fourth-order valence-corrected chi connectivity index (χ4v) is 2.11. The van der Waals surface area contributed by atoms with E-state index in [0.717, 1.165) is 5.56 Å². The van der Waals surface area contributed by atoms with Gasteiger partial charge in [-0.1, -0.05) is 30.3 Å². The van der Waals surface area contributed by atoms with Crippen LogP contribution >= 0.6 is 0 Å². The second-order valence-corrected chi connectivity index (χ2v) is 6.49. The summed E-state index contributed by atoms with van der Waals surface area (Å²) in [5.74, 6) is -0.965. The lowest BCUT2D eigenvalue weighted by atomic mass is 10.1. The number of aliphatic carboxylic acids is 1. The van der Waals surface area contributed by atoms with Crippen LogP contribution in [0.15, 0.2) is 34.7 Å². The summed E-state index contributed by atoms with van der Waals surface area (Å²) in [4.78, 5) is 22.9. The van der Waals surface area contributed by atoms with Gasteiger partial charge in [0.15, 0.2) is 0 Å². The Hall–Kier alpha value is -2.90. The fourth-order valence-electron chi connectivity index (χ4n) is 2.11. The SMILES string of the molecule is CC(C)(C)OC(=O)N[C@@H](Cc1ccccc1)c1nnc(CC(=O)O)o1. The first-order valence-electron chi connectivity index (χ1n) is 7.80. The summed E-state index contributed by atoms with van der Waals surface area (Å²) < 4.78 is 10.7. The Morgan fingerprint density at radius 1 is 1.24 bits per heavy atom. The average molecular weight is 347 g/mol. The predicted molar refractivity (Wildman–Crippen MR) is 87.9 cm³/mol. The maximum atomic E-state index is 12.1. The van der Waals surface area contributed by atoms with Gasteiger partial charge in [0.05, 0.1) is 0 Å². The molecule has 0 saturated carbocycles. The van der Waals surface area contributed by atoms with Crippen LogP contribution in [0.2, 0.25) is 0 Å². The minimum atomic E-state index is -1.07. The number of ether oxygens (including phenoxy) is 1. The largest absolute Gasteiger partial charge is 0.481 e. The number of amides is 1. The van der Waals surface area contributed by atoms with Gasteiger partial charge in [0.1, 0.15) is 18.1 Å². The highest BCUT2D eigenvalue weighted by atomic mass is 16.6. The molecule has 8 heteroatoms. The molecule has 1 heterocycles. The van der Waals surface area contributed by atoms with Gasteiger partial charge in [0.2, 0.25) is 11.8 Å². The van der Waals surface area contributed by atoms with Gasteiger partial charge >= 0.3 is 12.1 Å². The third-order valence-electron chi connectivity index (χ3n) is 3.06.